The summed E-state index contributed by atoms with van der Waals surface area (Å²) in [6.45, 7) is 8.72. The van der Waals surface area contributed by atoms with Gasteiger partial charge in [-0.2, -0.15) is 0 Å². The topological polar surface area (TPSA) is 47.0 Å². The maximum atomic E-state index is 11.0. The highest BCUT2D eigenvalue weighted by atomic mass is 16.4. The van der Waals surface area contributed by atoms with Crippen LogP contribution in [0.15, 0.2) is 0 Å². The van der Waals surface area contributed by atoms with Gasteiger partial charge in [0.25, 0.3) is 0 Å². The number of carbonyl (C=O) groups is 1. The summed E-state index contributed by atoms with van der Waals surface area (Å²) in [5.41, 5.74) is 0. The molecule has 0 spiro atoms. The van der Waals surface area contributed by atoms with Crippen LogP contribution >= 0.6 is 0 Å². The fraction of sp³-hybridized carbons (Fsp3) is 0.929. The second kappa shape index (κ2) is 7.22. The predicted molar refractivity (Wildman–Crippen MR) is 75.4 cm³/mol. The molecular formula is C14H27N3O2. The lowest BCUT2D eigenvalue weighted by Gasteiger charge is -2.34. The minimum atomic E-state index is -0.622. The average molecular weight is 269 g/mol. The lowest BCUT2D eigenvalue weighted by atomic mass is 9.98. The zero-order valence-electron chi connectivity index (χ0n) is 12.1. The van der Waals surface area contributed by atoms with Crippen LogP contribution in [0.5, 0.6) is 0 Å². The number of piperazine rings is 1. The van der Waals surface area contributed by atoms with E-state index in [-0.39, 0.29) is 5.92 Å². The second-order valence-corrected chi connectivity index (χ2v) is 5.98. The zero-order chi connectivity index (χ0) is 13.7. The van der Waals surface area contributed by atoms with Crippen LogP contribution in [0, 0.1) is 5.92 Å². The first kappa shape index (κ1) is 14.8. The Morgan fingerprint density at radius 2 is 1.79 bits per heavy atom. The molecule has 0 aromatic rings. The van der Waals surface area contributed by atoms with Gasteiger partial charge < -0.3 is 19.8 Å². The van der Waals surface area contributed by atoms with E-state index in [0.717, 1.165) is 45.4 Å². The van der Waals surface area contributed by atoms with Crippen molar-refractivity contribution in [1.82, 2.24) is 14.7 Å². The molecular weight excluding hydrogens is 242 g/mol. The zero-order valence-corrected chi connectivity index (χ0v) is 12.1. The Morgan fingerprint density at radius 1 is 1.11 bits per heavy atom. The van der Waals surface area contributed by atoms with Crippen molar-refractivity contribution in [1.29, 1.82) is 0 Å². The number of hydrogen-bond acceptors (Lipinski definition) is 4. The fourth-order valence-electron chi connectivity index (χ4n) is 3.05. The molecule has 2 aliphatic heterocycles. The van der Waals surface area contributed by atoms with E-state index in [4.69, 9.17) is 5.11 Å². The van der Waals surface area contributed by atoms with Gasteiger partial charge in [-0.3, -0.25) is 4.79 Å². The molecule has 5 nitrogen and oxygen atoms in total. The van der Waals surface area contributed by atoms with Crippen molar-refractivity contribution < 1.29 is 9.90 Å². The van der Waals surface area contributed by atoms with Crippen molar-refractivity contribution in [2.24, 2.45) is 5.92 Å². The molecule has 1 N–H and O–H groups in total. The highest BCUT2D eigenvalue weighted by molar-refractivity contribution is 5.70. The third-order valence-electron chi connectivity index (χ3n) is 4.40. The van der Waals surface area contributed by atoms with Crippen LogP contribution in [0.1, 0.15) is 19.3 Å². The number of carboxylic acid groups (broad SMARTS) is 1. The summed E-state index contributed by atoms with van der Waals surface area (Å²) in [6.07, 6.45) is 3.05. The molecule has 0 aromatic heterocycles. The number of carboxylic acids is 1. The number of aliphatic carboxylic acids is 1. The van der Waals surface area contributed by atoms with Gasteiger partial charge in [0, 0.05) is 32.7 Å². The van der Waals surface area contributed by atoms with Crippen molar-refractivity contribution in [3.63, 3.8) is 0 Å². The van der Waals surface area contributed by atoms with Crippen LogP contribution in [0.4, 0.5) is 0 Å². The Kier molecular flexibility index (Phi) is 5.60. The van der Waals surface area contributed by atoms with Gasteiger partial charge in [-0.05, 0) is 45.9 Å². The number of nitrogens with zero attached hydrogens (tertiary/aromatic N) is 3. The summed E-state index contributed by atoms with van der Waals surface area (Å²) in [6, 6.07) is 0. The third kappa shape index (κ3) is 4.75. The van der Waals surface area contributed by atoms with Crippen LogP contribution in [0.3, 0.4) is 0 Å². The van der Waals surface area contributed by atoms with Crippen molar-refractivity contribution >= 4 is 5.97 Å². The Morgan fingerprint density at radius 3 is 2.47 bits per heavy atom. The first-order valence-corrected chi connectivity index (χ1v) is 7.51. The smallest absolute Gasteiger partial charge is 0.307 e. The SMILES string of the molecule is CN1CCN(CCCN2CCCC(C(=O)O)C2)CC1. The minimum Gasteiger partial charge on any atom is -0.481 e. The number of likely N-dealkylation sites (N-methyl/N-ethyl adjacent to an activating group) is 1. The van der Waals surface area contributed by atoms with E-state index < -0.39 is 5.97 Å². The van der Waals surface area contributed by atoms with Gasteiger partial charge in [0.15, 0.2) is 0 Å². The molecule has 0 aliphatic carbocycles. The standard InChI is InChI=1S/C14H27N3O2/c1-15-8-10-16(11-9-15)6-3-7-17-5-2-4-13(12-17)14(18)19/h13H,2-12H2,1H3,(H,18,19). The molecule has 0 bridgehead atoms. The predicted octanol–water partition coefficient (Wildman–Crippen LogP) is 0.421. The van der Waals surface area contributed by atoms with Gasteiger partial charge >= 0.3 is 5.97 Å². The van der Waals surface area contributed by atoms with E-state index >= 15 is 0 Å². The van der Waals surface area contributed by atoms with Gasteiger partial charge in [0.05, 0.1) is 5.92 Å². The Hall–Kier alpha value is -0.650. The van der Waals surface area contributed by atoms with E-state index in [0.29, 0.717) is 0 Å². The van der Waals surface area contributed by atoms with E-state index in [2.05, 4.69) is 21.7 Å². The summed E-state index contributed by atoms with van der Waals surface area (Å²) in [4.78, 5) is 18.2. The monoisotopic (exact) mass is 269 g/mol. The van der Waals surface area contributed by atoms with Crippen molar-refractivity contribution in [2.45, 2.75) is 19.3 Å². The van der Waals surface area contributed by atoms with Crippen LogP contribution in [0.2, 0.25) is 0 Å². The fourth-order valence-corrected chi connectivity index (χ4v) is 3.05. The number of piperidine rings is 1. The van der Waals surface area contributed by atoms with E-state index in [9.17, 15) is 4.79 Å². The summed E-state index contributed by atoms with van der Waals surface area (Å²) >= 11 is 0. The lowest BCUT2D eigenvalue weighted by Crippen LogP contribution is -2.45. The van der Waals surface area contributed by atoms with E-state index in [1.54, 1.807) is 0 Å². The maximum absolute atomic E-state index is 11.0. The van der Waals surface area contributed by atoms with Gasteiger partial charge in [0.2, 0.25) is 0 Å². The van der Waals surface area contributed by atoms with Crippen molar-refractivity contribution in [3.05, 3.63) is 0 Å². The van der Waals surface area contributed by atoms with Gasteiger partial charge in [0.1, 0.15) is 0 Å². The van der Waals surface area contributed by atoms with E-state index in [1.165, 1.54) is 26.2 Å². The summed E-state index contributed by atoms with van der Waals surface area (Å²) in [5.74, 6) is -0.763. The van der Waals surface area contributed by atoms with Gasteiger partial charge in [-0.1, -0.05) is 0 Å². The maximum Gasteiger partial charge on any atom is 0.307 e. The molecule has 2 saturated heterocycles. The quantitative estimate of drug-likeness (QED) is 0.784. The average Bonchev–Trinajstić information content (AvgIpc) is 2.41. The van der Waals surface area contributed by atoms with Crippen molar-refractivity contribution in [3.8, 4) is 0 Å². The first-order chi connectivity index (χ1) is 9.15. The molecule has 110 valence electrons. The first-order valence-electron chi connectivity index (χ1n) is 7.51. The molecule has 19 heavy (non-hydrogen) atoms. The Balaban J connectivity index is 1.61. The molecule has 1 atom stereocenters. The summed E-state index contributed by atoms with van der Waals surface area (Å²) in [7, 11) is 2.18. The molecule has 2 fully saturated rings. The molecule has 5 heteroatoms. The third-order valence-corrected chi connectivity index (χ3v) is 4.40. The minimum absolute atomic E-state index is 0.141. The highest BCUT2D eigenvalue weighted by Crippen LogP contribution is 2.16. The highest BCUT2D eigenvalue weighted by Gasteiger charge is 2.25. The van der Waals surface area contributed by atoms with E-state index in [1.807, 2.05) is 0 Å². The summed E-state index contributed by atoms with van der Waals surface area (Å²) < 4.78 is 0. The molecule has 0 radical (unpaired) electrons. The lowest BCUT2D eigenvalue weighted by molar-refractivity contribution is -0.143. The number of rotatable bonds is 5. The van der Waals surface area contributed by atoms with Gasteiger partial charge in [-0.25, -0.2) is 0 Å². The molecule has 0 saturated carbocycles. The normalized spacial score (nSPS) is 27.5. The Labute approximate surface area is 116 Å². The Bertz CT molecular complexity index is 290. The number of hydrogen-bond donors (Lipinski definition) is 1. The molecule has 0 aromatic carbocycles. The van der Waals surface area contributed by atoms with Crippen LogP contribution in [-0.2, 0) is 4.79 Å². The van der Waals surface area contributed by atoms with Crippen LogP contribution in [0.25, 0.3) is 0 Å². The molecule has 2 aliphatic rings. The molecule has 1 unspecified atom stereocenters. The number of likely N-dealkylation sites (tertiary alicyclic amines) is 1. The van der Waals surface area contributed by atoms with Crippen LogP contribution < -0.4 is 0 Å². The summed E-state index contributed by atoms with van der Waals surface area (Å²) in [5, 5.41) is 9.07. The molecule has 0 amide bonds. The van der Waals surface area contributed by atoms with Crippen molar-refractivity contribution in [2.75, 3.05) is 59.4 Å². The molecule has 2 rings (SSSR count). The second-order valence-electron chi connectivity index (χ2n) is 5.98. The largest absolute Gasteiger partial charge is 0.481 e. The molecule has 2 heterocycles. The van der Waals surface area contributed by atoms with Crippen LogP contribution in [-0.4, -0.2) is 85.2 Å². The van der Waals surface area contributed by atoms with Gasteiger partial charge in [-0.15, -0.1) is 0 Å².